The van der Waals surface area contributed by atoms with Gasteiger partial charge in [-0.3, -0.25) is 4.40 Å². The van der Waals surface area contributed by atoms with Gasteiger partial charge in [0.2, 0.25) is 0 Å². The van der Waals surface area contributed by atoms with Crippen molar-refractivity contribution in [2.24, 2.45) is 10.2 Å². The van der Waals surface area contributed by atoms with E-state index in [4.69, 9.17) is 5.11 Å². The molecule has 3 rings (SSSR count). The molecule has 0 bridgehead atoms. The van der Waals surface area contributed by atoms with Crippen molar-refractivity contribution in [2.45, 2.75) is 13.8 Å². The first-order chi connectivity index (χ1) is 10.5. The Balaban J connectivity index is 2.05. The number of hydrogen-bond acceptors (Lipinski definition) is 4. The number of benzene rings is 1. The molecule has 0 aliphatic carbocycles. The van der Waals surface area contributed by atoms with Crippen molar-refractivity contribution in [1.82, 2.24) is 9.38 Å². The van der Waals surface area contributed by atoms with Crippen molar-refractivity contribution >= 4 is 23.1 Å². The number of nitrogens with zero attached hydrogens (tertiary/aromatic N) is 4. The lowest BCUT2D eigenvalue weighted by Crippen LogP contribution is -1.98. The van der Waals surface area contributed by atoms with Crippen molar-refractivity contribution in [3.05, 3.63) is 59.4 Å². The molecule has 0 saturated carbocycles. The number of aryl methyl sites for hydroxylation is 2. The van der Waals surface area contributed by atoms with Gasteiger partial charge < -0.3 is 5.11 Å². The highest BCUT2D eigenvalue weighted by Crippen LogP contribution is 2.24. The van der Waals surface area contributed by atoms with Crippen LogP contribution < -0.4 is 0 Å². The molecule has 1 N–H and O–H groups in total. The van der Waals surface area contributed by atoms with Crippen molar-refractivity contribution in [3.8, 4) is 0 Å². The van der Waals surface area contributed by atoms with Crippen LogP contribution in [0, 0.1) is 13.8 Å². The molecule has 6 nitrogen and oxygen atoms in total. The maximum absolute atomic E-state index is 11.1. The van der Waals surface area contributed by atoms with Gasteiger partial charge >= 0.3 is 5.97 Å². The number of pyridine rings is 1. The van der Waals surface area contributed by atoms with Crippen LogP contribution in [0.5, 0.6) is 0 Å². The molecule has 0 fully saturated rings. The molecule has 2 heterocycles. The molecule has 3 aromatic rings. The Kier molecular flexibility index (Phi) is 3.42. The number of azo groups is 1. The largest absolute Gasteiger partial charge is 0.478 e. The highest BCUT2D eigenvalue weighted by Gasteiger charge is 2.11. The third kappa shape index (κ3) is 2.58. The topological polar surface area (TPSA) is 79.3 Å². The summed E-state index contributed by atoms with van der Waals surface area (Å²) in [6, 6.07) is 10.8. The van der Waals surface area contributed by atoms with Gasteiger partial charge in [-0.05, 0) is 38.1 Å². The van der Waals surface area contributed by atoms with Crippen LogP contribution in [-0.4, -0.2) is 20.5 Å². The van der Waals surface area contributed by atoms with E-state index in [2.05, 4.69) is 15.2 Å². The van der Waals surface area contributed by atoms with E-state index in [0.29, 0.717) is 17.2 Å². The van der Waals surface area contributed by atoms with Gasteiger partial charge in [0.05, 0.1) is 16.9 Å². The minimum atomic E-state index is -0.991. The number of imidazole rings is 1. The van der Waals surface area contributed by atoms with Crippen LogP contribution >= 0.6 is 0 Å². The van der Waals surface area contributed by atoms with Crippen LogP contribution in [0.1, 0.15) is 21.6 Å². The number of fused-ring (bicyclic) bond motifs is 1. The highest BCUT2D eigenvalue weighted by atomic mass is 16.4. The van der Waals surface area contributed by atoms with E-state index in [0.717, 1.165) is 11.3 Å². The molecule has 0 aliphatic heterocycles. The number of aromatic carboxylic acids is 1. The van der Waals surface area contributed by atoms with E-state index < -0.39 is 5.97 Å². The number of carboxylic acid groups (broad SMARTS) is 1. The van der Waals surface area contributed by atoms with Gasteiger partial charge in [0, 0.05) is 6.20 Å². The van der Waals surface area contributed by atoms with E-state index in [-0.39, 0.29) is 5.56 Å². The summed E-state index contributed by atoms with van der Waals surface area (Å²) in [7, 11) is 0. The fourth-order valence-electron chi connectivity index (χ4n) is 2.11. The monoisotopic (exact) mass is 294 g/mol. The first kappa shape index (κ1) is 13.9. The molecule has 2 aromatic heterocycles. The molecule has 22 heavy (non-hydrogen) atoms. The van der Waals surface area contributed by atoms with E-state index >= 15 is 0 Å². The van der Waals surface area contributed by atoms with Crippen molar-refractivity contribution in [1.29, 1.82) is 0 Å². The molecular formula is C16H14N4O2. The molecule has 0 amide bonds. The maximum Gasteiger partial charge on any atom is 0.337 e. The number of carbonyl (C=O) groups is 1. The molecule has 6 heteroatoms. The quantitative estimate of drug-likeness (QED) is 0.739. The third-order valence-electron chi connectivity index (χ3n) is 3.30. The molecule has 0 aliphatic rings. The standard InChI is InChI=1S/C16H14N4O2/c1-10-3-6-13(7-4-10)18-19-15-11(2)17-14-8-5-12(16(21)22)9-20(14)15/h3-9H,1-2H3,(H,21,22). The lowest BCUT2D eigenvalue weighted by molar-refractivity contribution is 0.0696. The Labute approximate surface area is 126 Å². The zero-order valence-corrected chi connectivity index (χ0v) is 12.2. The maximum atomic E-state index is 11.1. The van der Waals surface area contributed by atoms with Crippen LogP contribution in [0.2, 0.25) is 0 Å². The average Bonchev–Trinajstić information content (AvgIpc) is 2.81. The molecule has 0 radical (unpaired) electrons. The molecule has 0 atom stereocenters. The molecule has 1 aromatic carbocycles. The van der Waals surface area contributed by atoms with E-state index in [1.54, 1.807) is 10.5 Å². The Morgan fingerprint density at radius 1 is 1.09 bits per heavy atom. The predicted molar refractivity (Wildman–Crippen MR) is 82.2 cm³/mol. The van der Waals surface area contributed by atoms with Gasteiger partial charge in [0.25, 0.3) is 0 Å². The molecule has 0 spiro atoms. The van der Waals surface area contributed by atoms with Crippen LogP contribution in [-0.2, 0) is 0 Å². The van der Waals surface area contributed by atoms with Crippen LogP contribution in [0.4, 0.5) is 11.5 Å². The SMILES string of the molecule is Cc1ccc(N=Nc2c(C)nc3ccc(C(=O)O)cn23)cc1. The second-order valence-electron chi connectivity index (χ2n) is 5.01. The summed E-state index contributed by atoms with van der Waals surface area (Å²) >= 11 is 0. The lowest BCUT2D eigenvalue weighted by atomic mass is 10.2. The predicted octanol–water partition coefficient (Wildman–Crippen LogP) is 4.06. The smallest absolute Gasteiger partial charge is 0.337 e. The molecule has 0 saturated heterocycles. The second kappa shape index (κ2) is 5.40. The fourth-order valence-corrected chi connectivity index (χ4v) is 2.11. The molecular weight excluding hydrogens is 280 g/mol. The first-order valence-electron chi connectivity index (χ1n) is 6.75. The summed E-state index contributed by atoms with van der Waals surface area (Å²) in [5, 5.41) is 17.5. The Morgan fingerprint density at radius 2 is 1.82 bits per heavy atom. The third-order valence-corrected chi connectivity index (χ3v) is 3.30. The van der Waals surface area contributed by atoms with E-state index in [1.165, 1.54) is 12.3 Å². The van der Waals surface area contributed by atoms with Gasteiger partial charge in [0.1, 0.15) is 5.65 Å². The van der Waals surface area contributed by atoms with Gasteiger partial charge in [0.15, 0.2) is 5.82 Å². The van der Waals surface area contributed by atoms with Gasteiger partial charge in [-0.1, -0.05) is 17.7 Å². The van der Waals surface area contributed by atoms with Gasteiger partial charge in [-0.2, -0.15) is 0 Å². The normalized spacial score (nSPS) is 11.4. The van der Waals surface area contributed by atoms with Gasteiger partial charge in [-0.15, -0.1) is 10.2 Å². The summed E-state index contributed by atoms with van der Waals surface area (Å²) in [6.07, 6.45) is 1.50. The number of hydrogen-bond donors (Lipinski definition) is 1. The zero-order chi connectivity index (χ0) is 15.7. The lowest BCUT2D eigenvalue weighted by Gasteiger charge is -1.99. The van der Waals surface area contributed by atoms with Crippen molar-refractivity contribution in [2.75, 3.05) is 0 Å². The summed E-state index contributed by atoms with van der Waals surface area (Å²) < 4.78 is 1.64. The number of carboxylic acids is 1. The highest BCUT2D eigenvalue weighted by molar-refractivity contribution is 5.87. The Bertz CT molecular complexity index is 879. The van der Waals surface area contributed by atoms with Crippen LogP contribution in [0.3, 0.4) is 0 Å². The Hall–Kier alpha value is -3.02. The zero-order valence-electron chi connectivity index (χ0n) is 12.2. The van der Waals surface area contributed by atoms with E-state index in [9.17, 15) is 4.79 Å². The number of rotatable bonds is 3. The average molecular weight is 294 g/mol. The summed E-state index contributed by atoms with van der Waals surface area (Å²) in [5.74, 6) is -0.464. The fraction of sp³-hybridized carbons (Fsp3) is 0.125. The van der Waals surface area contributed by atoms with Crippen molar-refractivity contribution < 1.29 is 9.90 Å². The van der Waals surface area contributed by atoms with Crippen LogP contribution in [0.25, 0.3) is 5.65 Å². The Morgan fingerprint density at radius 3 is 2.50 bits per heavy atom. The molecule has 0 unspecified atom stereocenters. The summed E-state index contributed by atoms with van der Waals surface area (Å²) in [5.41, 5.74) is 3.39. The molecule has 110 valence electrons. The number of aromatic nitrogens is 2. The van der Waals surface area contributed by atoms with E-state index in [1.807, 2.05) is 38.1 Å². The summed E-state index contributed by atoms with van der Waals surface area (Å²) in [4.78, 5) is 15.4. The second-order valence-corrected chi connectivity index (χ2v) is 5.01. The van der Waals surface area contributed by atoms with Crippen LogP contribution in [0.15, 0.2) is 52.8 Å². The van der Waals surface area contributed by atoms with Gasteiger partial charge in [-0.25, -0.2) is 9.78 Å². The minimum Gasteiger partial charge on any atom is -0.478 e. The summed E-state index contributed by atoms with van der Waals surface area (Å²) in [6.45, 7) is 3.82. The minimum absolute atomic E-state index is 0.177. The van der Waals surface area contributed by atoms with Crippen molar-refractivity contribution in [3.63, 3.8) is 0 Å². The first-order valence-corrected chi connectivity index (χ1v) is 6.75.